The standard InChI is InChI=1S/C23H18N4O4S/c1-30-16-6-3-14(4-7-16)21-17-11-15(24)5-9-20(17)27(22(21)31-23(28)29)12-13-2-8-18-19(10-13)26-32-25-18/h2-11H,12,24H2,1H3,(H,28,29). The Morgan fingerprint density at radius 1 is 1.06 bits per heavy atom. The second-order valence-electron chi connectivity index (χ2n) is 7.23. The lowest BCUT2D eigenvalue weighted by molar-refractivity contribution is 0.141. The van der Waals surface area contributed by atoms with Gasteiger partial charge in [-0.25, -0.2) is 4.79 Å². The highest BCUT2D eigenvalue weighted by molar-refractivity contribution is 7.00. The van der Waals surface area contributed by atoms with Gasteiger partial charge in [-0.05, 0) is 53.6 Å². The number of nitrogens with zero attached hydrogens (tertiary/aromatic N) is 3. The van der Waals surface area contributed by atoms with Crippen LogP contribution >= 0.6 is 11.7 Å². The zero-order valence-electron chi connectivity index (χ0n) is 17.0. The minimum Gasteiger partial charge on any atom is -0.497 e. The summed E-state index contributed by atoms with van der Waals surface area (Å²) >= 11 is 1.15. The van der Waals surface area contributed by atoms with Gasteiger partial charge in [-0.2, -0.15) is 8.75 Å². The number of aromatic nitrogens is 3. The maximum atomic E-state index is 11.6. The second kappa shape index (κ2) is 7.86. The molecule has 0 amide bonds. The molecule has 0 atom stereocenters. The van der Waals surface area contributed by atoms with Gasteiger partial charge in [-0.1, -0.05) is 18.2 Å². The van der Waals surface area contributed by atoms with E-state index in [-0.39, 0.29) is 5.88 Å². The number of hydrogen-bond acceptors (Lipinski definition) is 7. The predicted octanol–water partition coefficient (Wildman–Crippen LogP) is 5.01. The quantitative estimate of drug-likeness (QED) is 0.288. The summed E-state index contributed by atoms with van der Waals surface area (Å²) in [5.74, 6) is 0.919. The molecule has 2 heterocycles. The molecule has 160 valence electrons. The van der Waals surface area contributed by atoms with E-state index in [0.29, 0.717) is 23.5 Å². The lowest BCUT2D eigenvalue weighted by atomic mass is 10.0. The van der Waals surface area contributed by atoms with Crippen LogP contribution in [-0.2, 0) is 6.54 Å². The monoisotopic (exact) mass is 446 g/mol. The van der Waals surface area contributed by atoms with E-state index in [0.717, 1.165) is 44.8 Å². The molecule has 0 radical (unpaired) electrons. The van der Waals surface area contributed by atoms with Gasteiger partial charge in [-0.3, -0.25) is 0 Å². The van der Waals surface area contributed by atoms with Crippen molar-refractivity contribution in [3.05, 3.63) is 66.2 Å². The Morgan fingerprint density at radius 2 is 1.84 bits per heavy atom. The van der Waals surface area contributed by atoms with Crippen molar-refractivity contribution in [1.29, 1.82) is 0 Å². The Morgan fingerprint density at radius 3 is 2.59 bits per heavy atom. The van der Waals surface area contributed by atoms with Crippen LogP contribution in [0.5, 0.6) is 11.6 Å². The Balaban J connectivity index is 1.74. The summed E-state index contributed by atoms with van der Waals surface area (Å²) < 4.78 is 21.0. The van der Waals surface area contributed by atoms with E-state index in [1.54, 1.807) is 13.2 Å². The number of hydrogen-bond donors (Lipinski definition) is 2. The molecule has 0 unspecified atom stereocenters. The molecule has 0 aliphatic carbocycles. The number of rotatable bonds is 5. The Bertz CT molecular complexity index is 1460. The van der Waals surface area contributed by atoms with E-state index in [2.05, 4.69) is 8.75 Å². The third-order valence-electron chi connectivity index (χ3n) is 5.26. The van der Waals surface area contributed by atoms with Crippen LogP contribution in [0.15, 0.2) is 60.7 Å². The molecule has 3 N–H and O–H groups in total. The minimum absolute atomic E-state index is 0.222. The highest BCUT2D eigenvalue weighted by Gasteiger charge is 2.23. The number of anilines is 1. The summed E-state index contributed by atoms with van der Waals surface area (Å²) in [6.45, 7) is 0.382. The Hall–Kier alpha value is -4.11. The van der Waals surface area contributed by atoms with Crippen LogP contribution in [0.3, 0.4) is 0 Å². The molecular formula is C23H18N4O4S. The first-order valence-electron chi connectivity index (χ1n) is 9.71. The molecule has 8 nitrogen and oxygen atoms in total. The van der Waals surface area contributed by atoms with Crippen molar-refractivity contribution >= 4 is 45.5 Å². The predicted molar refractivity (Wildman–Crippen MR) is 124 cm³/mol. The summed E-state index contributed by atoms with van der Waals surface area (Å²) in [7, 11) is 1.59. The molecule has 32 heavy (non-hydrogen) atoms. The number of carboxylic acid groups (broad SMARTS) is 1. The van der Waals surface area contributed by atoms with Crippen molar-refractivity contribution in [2.45, 2.75) is 6.54 Å². The summed E-state index contributed by atoms with van der Waals surface area (Å²) in [4.78, 5) is 11.6. The van der Waals surface area contributed by atoms with Crippen LogP contribution < -0.4 is 15.2 Å². The highest BCUT2D eigenvalue weighted by atomic mass is 32.1. The van der Waals surface area contributed by atoms with Gasteiger partial charge in [0.1, 0.15) is 16.8 Å². The fraction of sp³-hybridized carbons (Fsp3) is 0.0870. The van der Waals surface area contributed by atoms with Crippen LogP contribution in [0.4, 0.5) is 10.5 Å². The summed E-state index contributed by atoms with van der Waals surface area (Å²) in [6, 6.07) is 18.6. The Labute approximate surface area is 186 Å². The Kier molecular flexibility index (Phi) is 4.87. The first-order valence-corrected chi connectivity index (χ1v) is 10.4. The second-order valence-corrected chi connectivity index (χ2v) is 7.76. The van der Waals surface area contributed by atoms with Crippen molar-refractivity contribution in [1.82, 2.24) is 13.3 Å². The van der Waals surface area contributed by atoms with Gasteiger partial charge in [0.2, 0.25) is 5.88 Å². The number of fused-ring (bicyclic) bond motifs is 2. The van der Waals surface area contributed by atoms with Crippen molar-refractivity contribution in [3.63, 3.8) is 0 Å². The molecule has 0 fully saturated rings. The van der Waals surface area contributed by atoms with E-state index < -0.39 is 6.16 Å². The van der Waals surface area contributed by atoms with E-state index in [1.807, 2.05) is 59.2 Å². The smallest absolute Gasteiger partial charge is 0.497 e. The van der Waals surface area contributed by atoms with E-state index >= 15 is 0 Å². The van der Waals surface area contributed by atoms with E-state index in [1.165, 1.54) is 0 Å². The summed E-state index contributed by atoms with van der Waals surface area (Å²) in [6.07, 6.45) is -1.39. The molecule has 2 aromatic heterocycles. The first-order chi connectivity index (χ1) is 15.5. The number of methoxy groups -OCH3 is 1. The average Bonchev–Trinajstić information content (AvgIpc) is 3.36. The number of nitrogens with two attached hydrogens (primary N) is 1. The first kappa shape index (κ1) is 19.8. The molecule has 3 aromatic carbocycles. The fourth-order valence-electron chi connectivity index (χ4n) is 3.84. The van der Waals surface area contributed by atoms with Crippen LogP contribution in [0.25, 0.3) is 33.1 Å². The van der Waals surface area contributed by atoms with Crippen molar-refractivity contribution in [2.24, 2.45) is 0 Å². The van der Waals surface area contributed by atoms with Gasteiger partial charge < -0.3 is 24.9 Å². The van der Waals surface area contributed by atoms with Gasteiger partial charge in [0, 0.05) is 11.1 Å². The number of carbonyl (C=O) groups is 1. The lowest BCUT2D eigenvalue weighted by Crippen LogP contribution is -2.10. The number of benzene rings is 3. The third-order valence-corrected chi connectivity index (χ3v) is 5.82. The largest absolute Gasteiger partial charge is 0.512 e. The van der Waals surface area contributed by atoms with Crippen LogP contribution in [-0.4, -0.2) is 31.7 Å². The summed E-state index contributed by atoms with van der Waals surface area (Å²) in [5.41, 5.74) is 11.4. The molecule has 0 bridgehead atoms. The molecule has 5 rings (SSSR count). The SMILES string of the molecule is COc1ccc(-c2c(OC(=O)O)n(Cc3ccc4nsnc4c3)c3ccc(N)cc23)cc1. The number of ether oxygens (including phenoxy) is 2. The van der Waals surface area contributed by atoms with Crippen molar-refractivity contribution in [3.8, 4) is 22.8 Å². The lowest BCUT2D eigenvalue weighted by Gasteiger charge is -2.11. The maximum Gasteiger partial charge on any atom is 0.512 e. The molecule has 0 aliphatic heterocycles. The van der Waals surface area contributed by atoms with E-state index in [9.17, 15) is 9.90 Å². The molecule has 0 spiro atoms. The molecule has 0 aliphatic rings. The van der Waals surface area contributed by atoms with Crippen LogP contribution in [0.2, 0.25) is 0 Å². The summed E-state index contributed by atoms with van der Waals surface area (Å²) in [5, 5.41) is 10.3. The number of nitrogen functional groups attached to an aromatic ring is 1. The molecule has 0 saturated heterocycles. The maximum absolute atomic E-state index is 11.6. The molecule has 0 saturated carbocycles. The van der Waals surface area contributed by atoms with Gasteiger partial charge in [-0.15, -0.1) is 0 Å². The zero-order valence-corrected chi connectivity index (χ0v) is 17.8. The van der Waals surface area contributed by atoms with Crippen molar-refractivity contribution in [2.75, 3.05) is 12.8 Å². The van der Waals surface area contributed by atoms with Gasteiger partial charge in [0.15, 0.2) is 0 Å². The highest BCUT2D eigenvalue weighted by Crippen LogP contribution is 2.42. The molecule has 9 heteroatoms. The van der Waals surface area contributed by atoms with Crippen molar-refractivity contribution < 1.29 is 19.4 Å². The topological polar surface area (TPSA) is 112 Å². The van der Waals surface area contributed by atoms with E-state index in [4.69, 9.17) is 15.2 Å². The molecule has 5 aromatic rings. The third kappa shape index (κ3) is 3.48. The normalized spacial score (nSPS) is 11.2. The van der Waals surface area contributed by atoms with Crippen LogP contribution in [0, 0.1) is 0 Å². The minimum atomic E-state index is -1.39. The average molecular weight is 446 g/mol. The zero-order chi connectivity index (χ0) is 22.2. The van der Waals surface area contributed by atoms with Gasteiger partial charge in [0.25, 0.3) is 0 Å². The van der Waals surface area contributed by atoms with Crippen LogP contribution in [0.1, 0.15) is 5.56 Å². The van der Waals surface area contributed by atoms with Gasteiger partial charge >= 0.3 is 6.16 Å². The fourth-order valence-corrected chi connectivity index (χ4v) is 4.36. The van der Waals surface area contributed by atoms with Gasteiger partial charge in [0.05, 0.1) is 36.5 Å². The molecular weight excluding hydrogens is 428 g/mol.